The molecule has 0 saturated heterocycles. The number of nitrogens with one attached hydrogen (secondary N) is 1. The fourth-order valence-electron chi connectivity index (χ4n) is 1.66. The van der Waals surface area contributed by atoms with Crippen LogP contribution in [0.5, 0.6) is 0 Å². The summed E-state index contributed by atoms with van der Waals surface area (Å²) in [5.41, 5.74) is 1.82. The maximum Gasteiger partial charge on any atom is 0.211 e. The molecule has 1 rings (SSSR count). The van der Waals surface area contributed by atoms with Crippen molar-refractivity contribution in [1.82, 2.24) is 14.3 Å². The summed E-state index contributed by atoms with van der Waals surface area (Å²) in [5.74, 6) is 0.727. The maximum absolute atomic E-state index is 11.4. The highest BCUT2D eigenvalue weighted by molar-refractivity contribution is 7.88. The Morgan fingerprint density at radius 1 is 1.32 bits per heavy atom. The summed E-state index contributed by atoms with van der Waals surface area (Å²) < 4.78 is 24.2. The Hall–Kier alpha value is -1.21. The minimum Gasteiger partial charge on any atom is -0.369 e. The van der Waals surface area contributed by atoms with Gasteiger partial charge in [0.2, 0.25) is 10.0 Å². The van der Waals surface area contributed by atoms with Gasteiger partial charge < -0.3 is 5.32 Å². The quantitative estimate of drug-likeness (QED) is 0.762. The van der Waals surface area contributed by atoms with Crippen LogP contribution in [0.25, 0.3) is 0 Å². The van der Waals surface area contributed by atoms with E-state index in [-0.39, 0.29) is 0 Å². The van der Waals surface area contributed by atoms with Crippen LogP contribution in [0.15, 0.2) is 6.20 Å². The second kappa shape index (κ2) is 6.81. The molecule has 0 spiro atoms. The van der Waals surface area contributed by atoms with Crippen molar-refractivity contribution in [2.24, 2.45) is 0 Å². The number of sulfonamides is 1. The van der Waals surface area contributed by atoms with Crippen LogP contribution in [0.2, 0.25) is 0 Å². The molecule has 1 aromatic heterocycles. The minimum absolute atomic E-state index is 0.502. The Morgan fingerprint density at radius 2 is 2.00 bits per heavy atom. The van der Waals surface area contributed by atoms with Gasteiger partial charge in [0.25, 0.3) is 0 Å². The van der Waals surface area contributed by atoms with Gasteiger partial charge in [-0.05, 0) is 20.3 Å². The second-order valence-corrected chi connectivity index (χ2v) is 6.44. The fraction of sp³-hybridized carbons (Fsp3) is 0.667. The average molecular weight is 286 g/mol. The molecule has 0 aromatic carbocycles. The highest BCUT2D eigenvalue weighted by Crippen LogP contribution is 2.06. The Balaban J connectivity index is 2.40. The molecule has 0 radical (unpaired) electrons. The first-order valence-electron chi connectivity index (χ1n) is 6.33. The van der Waals surface area contributed by atoms with Crippen LogP contribution in [0.4, 0.5) is 5.82 Å². The molecular weight excluding hydrogens is 264 g/mol. The number of hydrogen-bond acceptors (Lipinski definition) is 5. The molecule has 7 heteroatoms. The summed E-state index contributed by atoms with van der Waals surface area (Å²) in [6.07, 6.45) is 3.66. The predicted molar refractivity (Wildman–Crippen MR) is 76.7 cm³/mol. The number of aromatic nitrogens is 2. The molecule has 0 unspecified atom stereocenters. The maximum atomic E-state index is 11.4. The van der Waals surface area contributed by atoms with Crippen LogP contribution >= 0.6 is 0 Å². The fourth-order valence-corrected chi connectivity index (χ4v) is 2.59. The van der Waals surface area contributed by atoms with E-state index in [1.165, 1.54) is 10.6 Å². The molecule has 0 fully saturated rings. The van der Waals surface area contributed by atoms with Crippen molar-refractivity contribution in [3.05, 3.63) is 17.6 Å². The second-order valence-electron chi connectivity index (χ2n) is 4.46. The summed E-state index contributed by atoms with van der Waals surface area (Å²) in [6.45, 7) is 7.35. The van der Waals surface area contributed by atoms with Crippen molar-refractivity contribution >= 4 is 15.8 Å². The van der Waals surface area contributed by atoms with Crippen LogP contribution in [0, 0.1) is 13.8 Å². The zero-order valence-electron chi connectivity index (χ0n) is 12.0. The van der Waals surface area contributed by atoms with E-state index in [1.54, 1.807) is 6.20 Å². The first-order valence-corrected chi connectivity index (χ1v) is 8.18. The highest BCUT2D eigenvalue weighted by Gasteiger charge is 2.13. The Labute approximate surface area is 115 Å². The lowest BCUT2D eigenvalue weighted by atomic mass is 10.3. The zero-order chi connectivity index (χ0) is 14.5. The van der Waals surface area contributed by atoms with Gasteiger partial charge in [-0.3, -0.25) is 4.98 Å². The van der Waals surface area contributed by atoms with E-state index < -0.39 is 10.0 Å². The van der Waals surface area contributed by atoms with Gasteiger partial charge in [-0.15, -0.1) is 0 Å². The van der Waals surface area contributed by atoms with E-state index in [0.717, 1.165) is 23.6 Å². The zero-order valence-corrected chi connectivity index (χ0v) is 12.8. The third-order valence-corrected chi connectivity index (χ3v) is 4.28. The summed E-state index contributed by atoms with van der Waals surface area (Å²) in [4.78, 5) is 8.57. The molecular formula is C12H22N4O2S. The lowest BCUT2D eigenvalue weighted by Crippen LogP contribution is -2.31. The van der Waals surface area contributed by atoms with Crippen molar-refractivity contribution in [3.8, 4) is 0 Å². The van der Waals surface area contributed by atoms with Gasteiger partial charge in [0.1, 0.15) is 5.82 Å². The molecule has 108 valence electrons. The van der Waals surface area contributed by atoms with Crippen molar-refractivity contribution < 1.29 is 8.42 Å². The van der Waals surface area contributed by atoms with Crippen LogP contribution in [-0.2, 0) is 10.0 Å². The lowest BCUT2D eigenvalue weighted by molar-refractivity contribution is 0.428. The summed E-state index contributed by atoms with van der Waals surface area (Å²) in [6, 6.07) is 0. The van der Waals surface area contributed by atoms with Gasteiger partial charge in [0.05, 0.1) is 23.8 Å². The van der Waals surface area contributed by atoms with Crippen LogP contribution < -0.4 is 5.32 Å². The Kier molecular flexibility index (Phi) is 5.68. The molecule has 0 saturated carbocycles. The smallest absolute Gasteiger partial charge is 0.211 e. The largest absolute Gasteiger partial charge is 0.369 e. The number of nitrogens with zero attached hydrogens (tertiary/aromatic N) is 3. The molecule has 19 heavy (non-hydrogen) atoms. The first kappa shape index (κ1) is 15.8. The average Bonchev–Trinajstić information content (AvgIpc) is 2.32. The Bertz CT molecular complexity index is 516. The van der Waals surface area contributed by atoms with Crippen LogP contribution in [0.3, 0.4) is 0 Å². The van der Waals surface area contributed by atoms with Crippen molar-refractivity contribution in [1.29, 1.82) is 0 Å². The molecule has 0 bridgehead atoms. The Morgan fingerprint density at radius 3 is 2.53 bits per heavy atom. The molecule has 1 heterocycles. The van der Waals surface area contributed by atoms with Crippen molar-refractivity contribution in [3.63, 3.8) is 0 Å². The molecule has 6 nitrogen and oxygen atoms in total. The van der Waals surface area contributed by atoms with E-state index in [0.29, 0.717) is 19.6 Å². The normalized spacial score (nSPS) is 11.8. The molecule has 0 aliphatic rings. The SMILES string of the molecule is CCN(CCCNc1cnc(C)c(C)n1)S(C)(=O)=O. The molecule has 0 amide bonds. The highest BCUT2D eigenvalue weighted by atomic mass is 32.2. The minimum atomic E-state index is -3.09. The molecule has 0 aliphatic carbocycles. The van der Waals surface area contributed by atoms with E-state index in [4.69, 9.17) is 0 Å². The lowest BCUT2D eigenvalue weighted by Gasteiger charge is -2.17. The predicted octanol–water partition coefficient (Wildman–Crippen LogP) is 1.18. The third kappa shape index (κ3) is 5.12. The summed E-state index contributed by atoms with van der Waals surface area (Å²) in [7, 11) is -3.09. The van der Waals surface area contributed by atoms with Gasteiger partial charge in [-0.2, -0.15) is 0 Å². The summed E-state index contributed by atoms with van der Waals surface area (Å²) >= 11 is 0. The number of hydrogen-bond donors (Lipinski definition) is 1. The van der Waals surface area contributed by atoms with Crippen LogP contribution in [0.1, 0.15) is 24.7 Å². The summed E-state index contributed by atoms with van der Waals surface area (Å²) in [5, 5.41) is 3.15. The van der Waals surface area contributed by atoms with E-state index in [1.807, 2.05) is 20.8 Å². The van der Waals surface area contributed by atoms with Crippen molar-refractivity contribution in [2.75, 3.05) is 31.2 Å². The van der Waals surface area contributed by atoms with Crippen LogP contribution in [-0.4, -0.2) is 48.6 Å². The molecule has 0 atom stereocenters. The molecule has 1 aromatic rings. The van der Waals surface area contributed by atoms with Gasteiger partial charge in [0, 0.05) is 19.6 Å². The number of rotatable bonds is 7. The van der Waals surface area contributed by atoms with E-state index >= 15 is 0 Å². The van der Waals surface area contributed by atoms with Gasteiger partial charge in [-0.25, -0.2) is 17.7 Å². The standard InChI is InChI=1S/C12H22N4O2S/c1-5-16(19(4,17)18)8-6-7-13-12-9-14-10(2)11(3)15-12/h9H,5-8H2,1-4H3,(H,13,15). The third-order valence-electron chi connectivity index (χ3n) is 2.90. The van der Waals surface area contributed by atoms with Gasteiger partial charge in [0.15, 0.2) is 0 Å². The van der Waals surface area contributed by atoms with Gasteiger partial charge >= 0.3 is 0 Å². The molecule has 1 N–H and O–H groups in total. The molecule has 0 aliphatic heterocycles. The number of aryl methyl sites for hydroxylation is 2. The van der Waals surface area contributed by atoms with E-state index in [9.17, 15) is 8.42 Å². The number of anilines is 1. The van der Waals surface area contributed by atoms with Gasteiger partial charge in [-0.1, -0.05) is 6.92 Å². The van der Waals surface area contributed by atoms with Crippen molar-refractivity contribution in [2.45, 2.75) is 27.2 Å². The monoisotopic (exact) mass is 286 g/mol. The van der Waals surface area contributed by atoms with E-state index in [2.05, 4.69) is 15.3 Å². The first-order chi connectivity index (χ1) is 8.84. The topological polar surface area (TPSA) is 75.2 Å².